The number of anilines is 1. The van der Waals surface area contributed by atoms with Crippen molar-refractivity contribution in [1.29, 1.82) is 0 Å². The van der Waals surface area contributed by atoms with E-state index >= 15 is 0 Å². The van der Waals surface area contributed by atoms with Crippen molar-refractivity contribution in [1.82, 2.24) is 9.97 Å². The fourth-order valence-electron chi connectivity index (χ4n) is 1.92. The summed E-state index contributed by atoms with van der Waals surface area (Å²) in [5.41, 5.74) is 0. The van der Waals surface area contributed by atoms with Crippen molar-refractivity contribution in [3.8, 4) is 0 Å². The van der Waals surface area contributed by atoms with E-state index in [0.29, 0.717) is 19.3 Å². The van der Waals surface area contributed by atoms with Gasteiger partial charge in [-0.3, -0.25) is 0 Å². The van der Waals surface area contributed by atoms with E-state index in [1.165, 1.54) is 12.4 Å². The minimum absolute atomic E-state index is 0.0239. The average molecular weight is 287 g/mol. The molecule has 0 spiro atoms. The molecule has 1 aliphatic rings. The molecule has 1 saturated heterocycles. The SMILES string of the molecule is CS(=O)(=O)c1cnc(N2CC[C@@H](C=O)[C@@H](F)C2)nc1. The summed E-state index contributed by atoms with van der Waals surface area (Å²) in [6.45, 7) is 0.518. The number of nitrogens with zero attached hydrogens (tertiary/aromatic N) is 3. The lowest BCUT2D eigenvalue weighted by Gasteiger charge is -2.32. The van der Waals surface area contributed by atoms with E-state index in [2.05, 4.69) is 9.97 Å². The lowest BCUT2D eigenvalue weighted by molar-refractivity contribution is -0.113. The van der Waals surface area contributed by atoms with Crippen molar-refractivity contribution in [3.63, 3.8) is 0 Å². The van der Waals surface area contributed by atoms with E-state index in [1.807, 2.05) is 0 Å². The summed E-state index contributed by atoms with van der Waals surface area (Å²) < 4.78 is 36.2. The maximum Gasteiger partial charge on any atom is 0.225 e. The second kappa shape index (κ2) is 5.20. The number of piperidine rings is 1. The van der Waals surface area contributed by atoms with E-state index in [4.69, 9.17) is 0 Å². The summed E-state index contributed by atoms with van der Waals surface area (Å²) in [5, 5.41) is 0. The molecule has 1 aromatic rings. The Morgan fingerprint density at radius 1 is 1.42 bits per heavy atom. The van der Waals surface area contributed by atoms with Crippen LogP contribution >= 0.6 is 0 Å². The molecule has 2 atom stereocenters. The molecule has 0 aliphatic carbocycles. The highest BCUT2D eigenvalue weighted by Gasteiger charge is 2.30. The molecule has 0 radical (unpaired) electrons. The number of rotatable bonds is 3. The first-order valence-corrected chi connectivity index (χ1v) is 7.67. The summed E-state index contributed by atoms with van der Waals surface area (Å²) in [7, 11) is -3.34. The minimum atomic E-state index is -3.34. The molecule has 6 nitrogen and oxygen atoms in total. The zero-order valence-electron chi connectivity index (χ0n) is 10.4. The van der Waals surface area contributed by atoms with Gasteiger partial charge in [0.15, 0.2) is 9.84 Å². The van der Waals surface area contributed by atoms with Crippen molar-refractivity contribution in [3.05, 3.63) is 12.4 Å². The Labute approximate surface area is 110 Å². The number of carbonyl (C=O) groups excluding carboxylic acids is 1. The number of aldehydes is 1. The third-order valence-electron chi connectivity index (χ3n) is 3.09. The Morgan fingerprint density at radius 3 is 2.53 bits per heavy atom. The van der Waals surface area contributed by atoms with Gasteiger partial charge < -0.3 is 9.69 Å². The molecule has 2 heterocycles. The van der Waals surface area contributed by atoms with Gasteiger partial charge in [0.1, 0.15) is 17.4 Å². The normalized spacial score (nSPS) is 24.2. The summed E-state index contributed by atoms with van der Waals surface area (Å²) in [4.78, 5) is 20.1. The summed E-state index contributed by atoms with van der Waals surface area (Å²) in [5.74, 6) is -0.300. The molecule has 1 aromatic heterocycles. The fraction of sp³-hybridized carbons (Fsp3) is 0.545. The predicted molar refractivity (Wildman–Crippen MR) is 66.4 cm³/mol. The van der Waals surface area contributed by atoms with Crippen LogP contribution in [0.4, 0.5) is 10.3 Å². The third kappa shape index (κ3) is 3.06. The van der Waals surface area contributed by atoms with Crippen molar-refractivity contribution >= 4 is 22.1 Å². The molecule has 19 heavy (non-hydrogen) atoms. The van der Waals surface area contributed by atoms with Crippen LogP contribution in [0.25, 0.3) is 0 Å². The third-order valence-corrected chi connectivity index (χ3v) is 4.16. The number of halogens is 1. The lowest BCUT2D eigenvalue weighted by atomic mass is 9.97. The van der Waals surface area contributed by atoms with Gasteiger partial charge in [-0.05, 0) is 6.42 Å². The van der Waals surface area contributed by atoms with Crippen LogP contribution in [0.1, 0.15) is 6.42 Å². The van der Waals surface area contributed by atoms with Gasteiger partial charge in [0.05, 0.1) is 18.9 Å². The number of aromatic nitrogens is 2. The van der Waals surface area contributed by atoms with Crippen LogP contribution in [-0.2, 0) is 14.6 Å². The first kappa shape index (κ1) is 13.9. The Morgan fingerprint density at radius 2 is 2.05 bits per heavy atom. The number of hydrogen-bond acceptors (Lipinski definition) is 6. The monoisotopic (exact) mass is 287 g/mol. The quantitative estimate of drug-likeness (QED) is 0.741. The molecule has 0 saturated carbocycles. The largest absolute Gasteiger partial charge is 0.338 e. The molecule has 8 heteroatoms. The average Bonchev–Trinajstić information content (AvgIpc) is 2.38. The maximum absolute atomic E-state index is 13.6. The summed E-state index contributed by atoms with van der Waals surface area (Å²) in [6, 6.07) is 0. The van der Waals surface area contributed by atoms with Gasteiger partial charge in [0.2, 0.25) is 5.95 Å². The zero-order chi connectivity index (χ0) is 14.0. The Hall–Kier alpha value is -1.57. The molecule has 0 unspecified atom stereocenters. The standard InChI is InChI=1S/C11H14FN3O3S/c1-19(17,18)9-4-13-11(14-5-9)15-3-2-8(7-16)10(12)6-15/h4-5,7-8,10H,2-3,6H2,1H3/t8-,10-/m0/s1. The molecular formula is C11H14FN3O3S. The second-order valence-electron chi connectivity index (χ2n) is 4.54. The van der Waals surface area contributed by atoms with Gasteiger partial charge in [-0.25, -0.2) is 22.8 Å². The van der Waals surface area contributed by atoms with Crippen LogP contribution < -0.4 is 4.90 Å². The number of hydrogen-bond donors (Lipinski definition) is 0. The highest BCUT2D eigenvalue weighted by molar-refractivity contribution is 7.90. The smallest absolute Gasteiger partial charge is 0.225 e. The van der Waals surface area contributed by atoms with Gasteiger partial charge in [0.25, 0.3) is 0 Å². The molecule has 1 aliphatic heterocycles. The van der Waals surface area contributed by atoms with Gasteiger partial charge >= 0.3 is 0 Å². The number of carbonyl (C=O) groups is 1. The van der Waals surface area contributed by atoms with E-state index < -0.39 is 21.9 Å². The molecule has 0 amide bonds. The Balaban J connectivity index is 2.14. The first-order valence-electron chi connectivity index (χ1n) is 5.78. The van der Waals surface area contributed by atoms with E-state index in [9.17, 15) is 17.6 Å². The highest BCUT2D eigenvalue weighted by Crippen LogP contribution is 2.22. The number of alkyl halides is 1. The van der Waals surface area contributed by atoms with Gasteiger partial charge in [-0.2, -0.15) is 0 Å². The first-order chi connectivity index (χ1) is 8.91. The van der Waals surface area contributed by atoms with Crippen molar-refractivity contribution < 1.29 is 17.6 Å². The highest BCUT2D eigenvalue weighted by atomic mass is 32.2. The minimum Gasteiger partial charge on any atom is -0.338 e. The maximum atomic E-state index is 13.6. The van der Waals surface area contributed by atoms with E-state index in [1.54, 1.807) is 4.90 Å². The zero-order valence-corrected chi connectivity index (χ0v) is 11.2. The van der Waals surface area contributed by atoms with Crippen LogP contribution in [0.5, 0.6) is 0 Å². The van der Waals surface area contributed by atoms with Crippen LogP contribution in [0.15, 0.2) is 17.3 Å². The van der Waals surface area contributed by atoms with Crippen molar-refractivity contribution in [2.75, 3.05) is 24.2 Å². The van der Waals surface area contributed by atoms with Crippen molar-refractivity contribution in [2.24, 2.45) is 5.92 Å². The van der Waals surface area contributed by atoms with Crippen LogP contribution in [0.3, 0.4) is 0 Å². The summed E-state index contributed by atoms with van der Waals surface area (Å²) >= 11 is 0. The van der Waals surface area contributed by atoms with E-state index in [-0.39, 0.29) is 17.4 Å². The van der Waals surface area contributed by atoms with Crippen molar-refractivity contribution in [2.45, 2.75) is 17.5 Å². The molecule has 2 rings (SSSR count). The van der Waals surface area contributed by atoms with Gasteiger partial charge in [-0.15, -0.1) is 0 Å². The Bertz CT molecular complexity index is 561. The molecular weight excluding hydrogens is 273 g/mol. The van der Waals surface area contributed by atoms with Crippen LogP contribution in [0.2, 0.25) is 0 Å². The summed E-state index contributed by atoms with van der Waals surface area (Å²) in [6.07, 6.45) is 3.27. The van der Waals surface area contributed by atoms with Gasteiger partial charge in [-0.1, -0.05) is 0 Å². The lowest BCUT2D eigenvalue weighted by Crippen LogP contribution is -2.43. The fourth-order valence-corrected chi connectivity index (χ4v) is 2.41. The molecule has 104 valence electrons. The number of sulfone groups is 1. The van der Waals surface area contributed by atoms with Crippen LogP contribution in [0, 0.1) is 5.92 Å². The second-order valence-corrected chi connectivity index (χ2v) is 6.56. The molecule has 0 aromatic carbocycles. The van der Waals surface area contributed by atoms with Gasteiger partial charge in [0, 0.05) is 18.7 Å². The molecule has 0 bridgehead atoms. The molecule has 0 N–H and O–H groups in total. The Kier molecular flexibility index (Phi) is 3.79. The molecule has 1 fully saturated rings. The predicted octanol–water partition coefficient (Wildman–Crippen LogP) is 0.243. The van der Waals surface area contributed by atoms with E-state index in [0.717, 1.165) is 6.26 Å². The topological polar surface area (TPSA) is 80.2 Å². The van der Waals surface area contributed by atoms with Crippen LogP contribution in [-0.4, -0.2) is 50.2 Å².